The van der Waals surface area contributed by atoms with Gasteiger partial charge in [0.15, 0.2) is 5.76 Å². The van der Waals surface area contributed by atoms with Crippen LogP contribution in [0.3, 0.4) is 0 Å². The average Bonchev–Trinajstić information content (AvgIpc) is 3.25. The first-order valence-corrected chi connectivity index (χ1v) is 9.10. The van der Waals surface area contributed by atoms with E-state index in [1.165, 1.54) is 21.5 Å². The van der Waals surface area contributed by atoms with Gasteiger partial charge in [-0.2, -0.15) is 4.31 Å². The van der Waals surface area contributed by atoms with E-state index in [-0.39, 0.29) is 10.8 Å². The van der Waals surface area contributed by atoms with Crippen molar-refractivity contribution in [1.82, 2.24) is 14.4 Å². The summed E-state index contributed by atoms with van der Waals surface area (Å²) in [6, 6.07) is 7.55. The third-order valence-electron chi connectivity index (χ3n) is 4.11. The van der Waals surface area contributed by atoms with Crippen LogP contribution < -0.4 is 0 Å². The van der Waals surface area contributed by atoms with Crippen molar-refractivity contribution < 1.29 is 17.7 Å². The standard InChI is InChI=1S/C16H19N3O4S/c1-18(2)16(20)13-7-5-11-19(13)24(21,22)15-8-4-3-6-12(15)14-9-10-17-23-14/h3-4,6,8-10,13H,5,7,11H2,1-2H3. The first-order chi connectivity index (χ1) is 11.4. The van der Waals surface area contributed by atoms with Crippen LogP contribution >= 0.6 is 0 Å². The normalized spacial score (nSPS) is 18.7. The van der Waals surface area contributed by atoms with E-state index in [0.29, 0.717) is 30.7 Å². The van der Waals surface area contributed by atoms with E-state index in [4.69, 9.17) is 4.52 Å². The Morgan fingerprint density at radius 1 is 1.29 bits per heavy atom. The lowest BCUT2D eigenvalue weighted by atomic mass is 10.2. The summed E-state index contributed by atoms with van der Waals surface area (Å²) >= 11 is 0. The van der Waals surface area contributed by atoms with Crippen LogP contribution in [0.25, 0.3) is 11.3 Å². The lowest BCUT2D eigenvalue weighted by molar-refractivity contribution is -0.132. The number of carbonyl (C=O) groups is 1. The van der Waals surface area contributed by atoms with Gasteiger partial charge in [-0.05, 0) is 25.0 Å². The van der Waals surface area contributed by atoms with Gasteiger partial charge in [0.05, 0.1) is 11.1 Å². The van der Waals surface area contributed by atoms with Crippen LogP contribution in [0.1, 0.15) is 12.8 Å². The molecule has 0 radical (unpaired) electrons. The van der Waals surface area contributed by atoms with Gasteiger partial charge in [-0.25, -0.2) is 8.42 Å². The molecule has 0 N–H and O–H groups in total. The van der Waals surface area contributed by atoms with Crippen LogP contribution in [0, 0.1) is 0 Å². The van der Waals surface area contributed by atoms with Crippen LogP contribution in [-0.2, 0) is 14.8 Å². The van der Waals surface area contributed by atoms with Crippen molar-refractivity contribution in [3.05, 3.63) is 36.5 Å². The molecule has 1 atom stereocenters. The molecule has 1 aliphatic heterocycles. The second-order valence-electron chi connectivity index (χ2n) is 5.88. The van der Waals surface area contributed by atoms with Crippen molar-refractivity contribution in [3.63, 3.8) is 0 Å². The molecule has 24 heavy (non-hydrogen) atoms. The number of hydrogen-bond acceptors (Lipinski definition) is 5. The molecular weight excluding hydrogens is 330 g/mol. The fraction of sp³-hybridized carbons (Fsp3) is 0.375. The van der Waals surface area contributed by atoms with Crippen LogP contribution in [0.15, 0.2) is 45.9 Å². The average molecular weight is 349 g/mol. The molecule has 1 aromatic carbocycles. The zero-order chi connectivity index (χ0) is 17.3. The third-order valence-corrected chi connectivity index (χ3v) is 6.07. The molecular formula is C16H19N3O4S. The van der Waals surface area contributed by atoms with Gasteiger partial charge >= 0.3 is 0 Å². The van der Waals surface area contributed by atoms with Gasteiger partial charge in [0.2, 0.25) is 15.9 Å². The number of amides is 1. The molecule has 0 spiro atoms. The zero-order valence-electron chi connectivity index (χ0n) is 13.5. The van der Waals surface area contributed by atoms with Gasteiger partial charge < -0.3 is 9.42 Å². The highest BCUT2D eigenvalue weighted by Gasteiger charge is 2.41. The Morgan fingerprint density at radius 2 is 2.04 bits per heavy atom. The van der Waals surface area contributed by atoms with Crippen LogP contribution in [0.5, 0.6) is 0 Å². The number of nitrogens with zero attached hydrogens (tertiary/aromatic N) is 3. The number of benzene rings is 1. The number of carbonyl (C=O) groups excluding carboxylic acids is 1. The molecule has 1 aliphatic rings. The van der Waals surface area contributed by atoms with E-state index in [1.807, 2.05) is 0 Å². The van der Waals surface area contributed by atoms with E-state index in [1.54, 1.807) is 38.4 Å². The van der Waals surface area contributed by atoms with Gasteiger partial charge in [-0.3, -0.25) is 4.79 Å². The molecule has 1 amide bonds. The number of hydrogen-bond donors (Lipinski definition) is 0. The van der Waals surface area contributed by atoms with E-state index >= 15 is 0 Å². The van der Waals surface area contributed by atoms with Crippen molar-refractivity contribution in [2.75, 3.05) is 20.6 Å². The Morgan fingerprint density at radius 3 is 2.71 bits per heavy atom. The Labute approximate surface area is 140 Å². The number of sulfonamides is 1. The Bertz CT molecular complexity index is 831. The highest BCUT2D eigenvalue weighted by atomic mass is 32.2. The number of rotatable bonds is 4. The van der Waals surface area contributed by atoms with Crippen LogP contribution in [0.2, 0.25) is 0 Å². The third kappa shape index (κ3) is 2.83. The molecule has 1 fully saturated rings. The van der Waals surface area contributed by atoms with Gasteiger partial charge in [0, 0.05) is 32.3 Å². The largest absolute Gasteiger partial charge is 0.356 e. The first kappa shape index (κ1) is 16.7. The fourth-order valence-electron chi connectivity index (χ4n) is 2.95. The topological polar surface area (TPSA) is 83.7 Å². The Balaban J connectivity index is 2.04. The highest BCUT2D eigenvalue weighted by molar-refractivity contribution is 7.89. The van der Waals surface area contributed by atoms with Gasteiger partial charge in [0.25, 0.3) is 0 Å². The summed E-state index contributed by atoms with van der Waals surface area (Å²) in [5.41, 5.74) is 0.443. The second kappa shape index (κ2) is 6.37. The molecule has 0 bridgehead atoms. The highest BCUT2D eigenvalue weighted by Crippen LogP contribution is 2.33. The number of likely N-dealkylation sites (N-methyl/N-ethyl adjacent to an activating group) is 1. The molecule has 0 saturated carbocycles. The Hall–Kier alpha value is -2.19. The molecule has 7 nitrogen and oxygen atoms in total. The van der Waals surface area contributed by atoms with Crippen LogP contribution in [0.4, 0.5) is 0 Å². The van der Waals surface area contributed by atoms with Crippen molar-refractivity contribution in [3.8, 4) is 11.3 Å². The smallest absolute Gasteiger partial charge is 0.244 e. The molecule has 3 rings (SSSR count). The maximum absolute atomic E-state index is 13.2. The molecule has 2 heterocycles. The predicted octanol–water partition coefficient (Wildman–Crippen LogP) is 1.58. The molecule has 1 saturated heterocycles. The van der Waals surface area contributed by atoms with Gasteiger partial charge in [-0.1, -0.05) is 17.3 Å². The molecule has 2 aromatic rings. The maximum Gasteiger partial charge on any atom is 0.244 e. The summed E-state index contributed by atoms with van der Waals surface area (Å²) in [5.74, 6) is 0.178. The van der Waals surface area contributed by atoms with Crippen molar-refractivity contribution in [2.45, 2.75) is 23.8 Å². The summed E-state index contributed by atoms with van der Waals surface area (Å²) in [6.07, 6.45) is 2.65. The van der Waals surface area contributed by atoms with E-state index in [2.05, 4.69) is 5.16 Å². The molecule has 128 valence electrons. The fourth-order valence-corrected chi connectivity index (χ4v) is 4.80. The van der Waals surface area contributed by atoms with Crippen LogP contribution in [-0.4, -0.2) is 55.4 Å². The summed E-state index contributed by atoms with van der Waals surface area (Å²) in [6.45, 7) is 0.331. The summed E-state index contributed by atoms with van der Waals surface area (Å²) in [4.78, 5) is 13.9. The predicted molar refractivity (Wildman–Crippen MR) is 87.5 cm³/mol. The molecule has 1 aromatic heterocycles. The van der Waals surface area contributed by atoms with Crippen molar-refractivity contribution >= 4 is 15.9 Å². The monoisotopic (exact) mass is 349 g/mol. The van der Waals surface area contributed by atoms with E-state index < -0.39 is 16.1 Å². The quantitative estimate of drug-likeness (QED) is 0.837. The SMILES string of the molecule is CN(C)C(=O)C1CCCN1S(=O)(=O)c1ccccc1-c1ccno1. The van der Waals surface area contributed by atoms with Crippen molar-refractivity contribution in [1.29, 1.82) is 0 Å². The maximum atomic E-state index is 13.2. The zero-order valence-corrected chi connectivity index (χ0v) is 14.4. The molecule has 0 aliphatic carbocycles. The summed E-state index contributed by atoms with van der Waals surface area (Å²) < 4.78 is 32.8. The first-order valence-electron chi connectivity index (χ1n) is 7.66. The summed E-state index contributed by atoms with van der Waals surface area (Å²) in [7, 11) is -0.559. The number of aromatic nitrogens is 1. The molecule has 8 heteroatoms. The van der Waals surface area contributed by atoms with Gasteiger partial charge in [0.1, 0.15) is 6.04 Å². The lowest BCUT2D eigenvalue weighted by Crippen LogP contribution is -2.45. The van der Waals surface area contributed by atoms with E-state index in [0.717, 1.165) is 0 Å². The minimum absolute atomic E-state index is 0.125. The van der Waals surface area contributed by atoms with Gasteiger partial charge in [-0.15, -0.1) is 0 Å². The Kier molecular flexibility index (Phi) is 4.42. The molecule has 1 unspecified atom stereocenters. The summed E-state index contributed by atoms with van der Waals surface area (Å²) in [5, 5.41) is 3.64. The van der Waals surface area contributed by atoms with Crippen molar-refractivity contribution in [2.24, 2.45) is 0 Å². The minimum Gasteiger partial charge on any atom is -0.356 e. The second-order valence-corrected chi connectivity index (χ2v) is 7.74. The lowest BCUT2D eigenvalue weighted by Gasteiger charge is -2.26. The minimum atomic E-state index is -3.83. The van der Waals surface area contributed by atoms with E-state index in [9.17, 15) is 13.2 Å².